The summed E-state index contributed by atoms with van der Waals surface area (Å²) in [5.74, 6) is 3.40. The Labute approximate surface area is 193 Å². The normalized spacial score (nSPS) is 18.6. The van der Waals surface area contributed by atoms with Gasteiger partial charge in [-0.25, -0.2) is 9.19 Å². The number of carbonyl (C=O) groups excluding carboxylic acids is 1. The van der Waals surface area contributed by atoms with Crippen molar-refractivity contribution in [3.8, 4) is 0 Å². The zero-order chi connectivity index (χ0) is 23.8. The smallest absolute Gasteiger partial charge is 0.417 e. The third-order valence-corrected chi connectivity index (χ3v) is 6.56. The molecule has 1 aromatic carbocycles. The first kappa shape index (κ1) is 24.2. The molecule has 0 radical (unpaired) electrons. The summed E-state index contributed by atoms with van der Waals surface area (Å²) in [7, 11) is -3.56. The summed E-state index contributed by atoms with van der Waals surface area (Å²) in [6, 6.07) is 4.09. The number of ether oxygens (including phenoxy) is 1. The van der Waals surface area contributed by atoms with Crippen LogP contribution in [0.25, 0.3) is 0 Å². The van der Waals surface area contributed by atoms with Crippen molar-refractivity contribution in [3.63, 3.8) is 0 Å². The zero-order valence-corrected chi connectivity index (χ0v) is 19.0. The SMILES string of the molecule is C=C1CN(C(=O)c2ncc(Cl)cc2NS(=C)(=O)c2ccc(Cl)c(C(F)(F)F)c2)CC(C)O1. The Morgan fingerprint density at radius 1 is 1.34 bits per heavy atom. The van der Waals surface area contributed by atoms with Crippen LogP contribution in [0.1, 0.15) is 23.0 Å². The van der Waals surface area contributed by atoms with E-state index in [0.29, 0.717) is 11.8 Å². The number of anilines is 1. The predicted octanol–water partition coefficient (Wildman–Crippen LogP) is 4.88. The molecule has 1 aliphatic rings. The Bertz CT molecular complexity index is 1190. The summed E-state index contributed by atoms with van der Waals surface area (Å²) >= 11 is 11.6. The monoisotopic (exact) mass is 507 g/mol. The van der Waals surface area contributed by atoms with Crippen molar-refractivity contribution < 1.29 is 26.9 Å². The minimum atomic E-state index is -4.75. The second-order valence-corrected chi connectivity index (χ2v) is 9.99. The van der Waals surface area contributed by atoms with Crippen LogP contribution in [-0.2, 0) is 20.6 Å². The number of pyridine rings is 1. The number of nitrogens with zero attached hydrogens (tertiary/aromatic N) is 2. The lowest BCUT2D eigenvalue weighted by atomic mass is 10.2. The first-order valence-corrected chi connectivity index (χ1v) is 11.6. The Kier molecular flexibility index (Phi) is 6.69. The van der Waals surface area contributed by atoms with Crippen LogP contribution in [0.4, 0.5) is 18.9 Å². The highest BCUT2D eigenvalue weighted by Gasteiger charge is 2.34. The Balaban J connectivity index is 1.98. The lowest BCUT2D eigenvalue weighted by molar-refractivity contribution is -0.137. The van der Waals surface area contributed by atoms with Crippen molar-refractivity contribution in [3.05, 3.63) is 64.1 Å². The van der Waals surface area contributed by atoms with Crippen LogP contribution < -0.4 is 4.72 Å². The average molecular weight is 508 g/mol. The summed E-state index contributed by atoms with van der Waals surface area (Å²) < 4.78 is 60.9. The second-order valence-electron chi connectivity index (χ2n) is 7.12. The summed E-state index contributed by atoms with van der Waals surface area (Å²) in [6.45, 7) is 5.88. The van der Waals surface area contributed by atoms with Crippen LogP contribution in [0.3, 0.4) is 0 Å². The molecular formula is C20H18Cl2F3N3O3S. The van der Waals surface area contributed by atoms with Gasteiger partial charge in [-0.05, 0) is 37.1 Å². The molecule has 0 aliphatic carbocycles. The van der Waals surface area contributed by atoms with Gasteiger partial charge in [-0.3, -0.25) is 4.79 Å². The van der Waals surface area contributed by atoms with Crippen molar-refractivity contribution >= 4 is 50.4 Å². The van der Waals surface area contributed by atoms with Crippen LogP contribution in [0.5, 0.6) is 0 Å². The van der Waals surface area contributed by atoms with Crippen molar-refractivity contribution in [1.29, 1.82) is 0 Å². The molecule has 1 fully saturated rings. The van der Waals surface area contributed by atoms with E-state index < -0.39 is 32.4 Å². The van der Waals surface area contributed by atoms with E-state index in [-0.39, 0.29) is 40.5 Å². The fourth-order valence-corrected chi connectivity index (χ4v) is 4.71. The molecule has 32 heavy (non-hydrogen) atoms. The summed E-state index contributed by atoms with van der Waals surface area (Å²) in [4.78, 5) is 18.3. The Morgan fingerprint density at radius 3 is 2.66 bits per heavy atom. The van der Waals surface area contributed by atoms with Crippen LogP contribution in [0.2, 0.25) is 10.0 Å². The van der Waals surface area contributed by atoms with Crippen molar-refractivity contribution in [1.82, 2.24) is 9.88 Å². The van der Waals surface area contributed by atoms with Crippen LogP contribution in [0.15, 0.2) is 47.7 Å². The van der Waals surface area contributed by atoms with Gasteiger partial charge in [-0.2, -0.15) is 13.2 Å². The number of rotatable bonds is 4. The maximum absolute atomic E-state index is 13.3. The molecule has 2 unspecified atom stereocenters. The zero-order valence-electron chi connectivity index (χ0n) is 16.7. The molecular weight excluding hydrogens is 490 g/mol. The molecule has 2 atom stereocenters. The molecule has 0 bridgehead atoms. The van der Waals surface area contributed by atoms with Gasteiger partial charge in [0.05, 0.1) is 49.0 Å². The molecule has 1 saturated heterocycles. The van der Waals surface area contributed by atoms with Gasteiger partial charge < -0.3 is 14.4 Å². The number of aromatic nitrogens is 1. The third-order valence-electron chi connectivity index (χ3n) is 4.46. The van der Waals surface area contributed by atoms with Gasteiger partial charge in [-0.15, -0.1) is 0 Å². The number of carbonyl (C=O) groups is 1. The first-order chi connectivity index (χ1) is 14.8. The maximum atomic E-state index is 13.3. The fraction of sp³-hybridized carbons (Fsp3) is 0.250. The van der Waals surface area contributed by atoms with Gasteiger partial charge in [0.1, 0.15) is 11.9 Å². The van der Waals surface area contributed by atoms with Gasteiger partial charge in [0.2, 0.25) is 0 Å². The Hall–Kier alpha value is -2.43. The molecule has 1 aromatic heterocycles. The van der Waals surface area contributed by atoms with Crippen molar-refractivity contribution in [2.24, 2.45) is 0 Å². The third kappa shape index (κ3) is 5.31. The molecule has 6 nitrogen and oxygen atoms in total. The molecule has 1 N–H and O–H groups in total. The van der Waals surface area contributed by atoms with E-state index in [0.717, 1.165) is 12.1 Å². The number of hydrogen-bond donors (Lipinski definition) is 1. The molecule has 12 heteroatoms. The molecule has 172 valence electrons. The van der Waals surface area contributed by atoms with Gasteiger partial charge >= 0.3 is 6.18 Å². The summed E-state index contributed by atoms with van der Waals surface area (Å²) in [6.07, 6.45) is -3.82. The predicted molar refractivity (Wildman–Crippen MR) is 118 cm³/mol. The van der Waals surface area contributed by atoms with E-state index in [1.54, 1.807) is 6.92 Å². The molecule has 2 heterocycles. The second kappa shape index (κ2) is 8.84. The Morgan fingerprint density at radius 2 is 2.03 bits per heavy atom. The lowest BCUT2D eigenvalue weighted by Crippen LogP contribution is -2.43. The molecule has 2 aromatic rings. The molecule has 1 aliphatic heterocycles. The van der Waals surface area contributed by atoms with E-state index in [2.05, 4.69) is 22.2 Å². The summed E-state index contributed by atoms with van der Waals surface area (Å²) in [5, 5.41) is -0.426. The highest BCUT2D eigenvalue weighted by Crippen LogP contribution is 2.36. The average Bonchev–Trinajstić information content (AvgIpc) is 2.66. The number of alkyl halides is 3. The number of benzene rings is 1. The molecule has 1 amide bonds. The van der Waals surface area contributed by atoms with Gasteiger partial charge in [0.15, 0.2) is 5.69 Å². The quantitative estimate of drug-likeness (QED) is 0.598. The van der Waals surface area contributed by atoms with Crippen molar-refractivity contribution in [2.45, 2.75) is 24.1 Å². The van der Waals surface area contributed by atoms with Crippen LogP contribution in [-0.4, -0.2) is 45.1 Å². The fourth-order valence-electron chi connectivity index (χ4n) is 3.10. The minimum Gasteiger partial charge on any atom is -0.492 e. The number of morpholine rings is 1. The highest BCUT2D eigenvalue weighted by molar-refractivity contribution is 8.01. The van der Waals surface area contributed by atoms with Gasteiger partial charge in [-0.1, -0.05) is 29.8 Å². The van der Waals surface area contributed by atoms with E-state index in [9.17, 15) is 22.2 Å². The standard InChI is InChI=1S/C20H18Cl2F3N3O3S/c1-11-9-28(10-12(2)31-11)19(29)18-17(6-13(21)8-26-18)27-32(3,30)14-4-5-16(22)15(7-14)20(23,24)25/h4-8,12H,1,3,9-10H2,2H3,(H,27,30). The van der Waals surface area contributed by atoms with Crippen LogP contribution in [0, 0.1) is 0 Å². The number of amides is 1. The van der Waals surface area contributed by atoms with E-state index in [1.807, 2.05) is 0 Å². The molecule has 0 saturated carbocycles. The van der Waals surface area contributed by atoms with E-state index >= 15 is 0 Å². The van der Waals surface area contributed by atoms with Crippen LogP contribution >= 0.6 is 23.2 Å². The van der Waals surface area contributed by atoms with Gasteiger partial charge in [0.25, 0.3) is 5.91 Å². The number of nitrogens with one attached hydrogen (secondary N) is 1. The van der Waals surface area contributed by atoms with Gasteiger partial charge in [0, 0.05) is 6.20 Å². The minimum absolute atomic E-state index is 0.0456. The largest absolute Gasteiger partial charge is 0.492 e. The maximum Gasteiger partial charge on any atom is 0.417 e. The van der Waals surface area contributed by atoms with Crippen molar-refractivity contribution in [2.75, 3.05) is 17.8 Å². The topological polar surface area (TPSA) is 71.5 Å². The first-order valence-electron chi connectivity index (χ1n) is 9.09. The van der Waals surface area contributed by atoms with E-state index in [1.165, 1.54) is 17.2 Å². The lowest BCUT2D eigenvalue weighted by Gasteiger charge is -2.33. The highest BCUT2D eigenvalue weighted by atomic mass is 35.5. The number of halogens is 5. The molecule has 3 rings (SSSR count). The summed E-state index contributed by atoms with van der Waals surface area (Å²) in [5.41, 5.74) is -1.33. The number of hydrogen-bond acceptors (Lipinski definition) is 4. The molecule has 0 spiro atoms. The van der Waals surface area contributed by atoms with E-state index in [4.69, 9.17) is 27.9 Å².